The van der Waals surface area contributed by atoms with Crippen molar-refractivity contribution in [1.82, 2.24) is 9.97 Å². The lowest BCUT2D eigenvalue weighted by atomic mass is 10.2. The molecular formula is C25H20N4O5S. The van der Waals surface area contributed by atoms with Crippen molar-refractivity contribution in [2.24, 2.45) is 10.2 Å². The summed E-state index contributed by atoms with van der Waals surface area (Å²) in [6.45, 7) is -0.381. The number of carbonyl (C=O) groups excluding carboxylic acids is 1. The molecule has 0 spiro atoms. The number of aromatic nitrogens is 2. The molecule has 176 valence electrons. The van der Waals surface area contributed by atoms with Crippen molar-refractivity contribution < 1.29 is 24.1 Å². The fourth-order valence-electron chi connectivity index (χ4n) is 3.62. The third-order valence-corrected chi connectivity index (χ3v) is 6.35. The highest BCUT2D eigenvalue weighted by molar-refractivity contribution is 7.21. The first-order valence-corrected chi connectivity index (χ1v) is 11.4. The van der Waals surface area contributed by atoms with Crippen LogP contribution in [0.25, 0.3) is 31.7 Å². The zero-order chi connectivity index (χ0) is 24.4. The number of H-pyrrole nitrogens is 1. The highest BCUT2D eigenvalue weighted by Crippen LogP contribution is 2.41. The van der Waals surface area contributed by atoms with E-state index in [0.29, 0.717) is 33.7 Å². The SMILES string of the molecule is COc1ccc2[nH]c(O)c(N=NC(=O)COc3c(OC)cccc3-c3nc4ccccc4s3)c2c1. The summed E-state index contributed by atoms with van der Waals surface area (Å²) in [6, 6.07) is 18.4. The van der Waals surface area contributed by atoms with E-state index in [1.807, 2.05) is 36.4 Å². The molecule has 1 amide bonds. The molecule has 0 saturated carbocycles. The van der Waals surface area contributed by atoms with Gasteiger partial charge in [0.2, 0.25) is 5.88 Å². The molecule has 2 N–H and O–H groups in total. The van der Waals surface area contributed by atoms with Crippen LogP contribution in [-0.2, 0) is 4.79 Å². The Kier molecular flexibility index (Phi) is 6.02. The Balaban J connectivity index is 1.39. The minimum absolute atomic E-state index is 0.139. The lowest BCUT2D eigenvalue weighted by Crippen LogP contribution is -2.09. The summed E-state index contributed by atoms with van der Waals surface area (Å²) >= 11 is 1.52. The molecule has 0 aliphatic heterocycles. The van der Waals surface area contributed by atoms with Gasteiger partial charge >= 0.3 is 5.91 Å². The van der Waals surface area contributed by atoms with Crippen molar-refractivity contribution in [3.63, 3.8) is 0 Å². The Labute approximate surface area is 203 Å². The third kappa shape index (κ3) is 4.38. The van der Waals surface area contributed by atoms with Crippen LogP contribution in [0.15, 0.2) is 70.9 Å². The quantitative estimate of drug-likeness (QED) is 0.277. The summed E-state index contributed by atoms with van der Waals surface area (Å²) in [5.41, 5.74) is 2.35. The molecule has 0 unspecified atom stereocenters. The Bertz CT molecular complexity index is 1540. The van der Waals surface area contributed by atoms with Crippen LogP contribution in [-0.4, -0.2) is 41.8 Å². The van der Waals surface area contributed by atoms with E-state index in [1.165, 1.54) is 25.6 Å². The van der Waals surface area contributed by atoms with Crippen LogP contribution in [0, 0.1) is 0 Å². The van der Waals surface area contributed by atoms with E-state index in [-0.39, 0.29) is 18.2 Å². The van der Waals surface area contributed by atoms with Gasteiger partial charge in [-0.2, -0.15) is 0 Å². The number of rotatable bonds is 7. The molecular weight excluding hydrogens is 468 g/mol. The smallest absolute Gasteiger partial charge is 0.302 e. The molecule has 0 aliphatic carbocycles. The predicted molar refractivity (Wildman–Crippen MR) is 133 cm³/mol. The van der Waals surface area contributed by atoms with Crippen molar-refractivity contribution >= 4 is 44.1 Å². The van der Waals surface area contributed by atoms with Crippen LogP contribution in [0.4, 0.5) is 5.69 Å². The van der Waals surface area contributed by atoms with Crippen LogP contribution in [0.3, 0.4) is 0 Å². The molecule has 0 radical (unpaired) electrons. The molecule has 0 saturated heterocycles. The lowest BCUT2D eigenvalue weighted by molar-refractivity contribution is -0.120. The molecule has 0 atom stereocenters. The largest absolute Gasteiger partial charge is 0.497 e. The van der Waals surface area contributed by atoms with Crippen LogP contribution in [0.2, 0.25) is 0 Å². The molecule has 0 aliphatic rings. The molecule has 2 heterocycles. The number of aromatic amines is 1. The van der Waals surface area contributed by atoms with Gasteiger partial charge in [-0.1, -0.05) is 18.2 Å². The summed E-state index contributed by atoms with van der Waals surface area (Å²) < 4.78 is 17.6. The number of carbonyl (C=O) groups is 1. The first-order chi connectivity index (χ1) is 17.1. The standard InChI is InChI=1S/C25H20N4O5S/c1-32-14-10-11-17-16(12-14)22(24(31)26-17)29-28-21(30)13-34-23-15(6-5-8-19(23)33-2)25-27-18-7-3-4-9-20(18)35-25/h3-12,26,31H,13H2,1-2H3. The maximum Gasteiger partial charge on any atom is 0.302 e. The molecule has 10 heteroatoms. The molecule has 0 fully saturated rings. The highest BCUT2D eigenvalue weighted by Gasteiger charge is 2.18. The first kappa shape index (κ1) is 22.4. The van der Waals surface area contributed by atoms with Crippen LogP contribution in [0.5, 0.6) is 23.1 Å². The lowest BCUT2D eigenvalue weighted by Gasteiger charge is -2.12. The Morgan fingerprint density at radius 3 is 2.74 bits per heavy atom. The van der Waals surface area contributed by atoms with Gasteiger partial charge in [0.05, 0.1) is 35.5 Å². The van der Waals surface area contributed by atoms with Crippen molar-refractivity contribution in [2.45, 2.75) is 0 Å². The number of nitrogens with zero attached hydrogens (tertiary/aromatic N) is 3. The van der Waals surface area contributed by atoms with E-state index in [4.69, 9.17) is 14.2 Å². The fourth-order valence-corrected chi connectivity index (χ4v) is 4.61. The van der Waals surface area contributed by atoms with E-state index in [0.717, 1.165) is 15.2 Å². The second kappa shape index (κ2) is 9.43. The van der Waals surface area contributed by atoms with Crippen LogP contribution in [0.1, 0.15) is 0 Å². The molecule has 3 aromatic carbocycles. The summed E-state index contributed by atoms with van der Waals surface area (Å²) in [6.07, 6.45) is 0. The van der Waals surface area contributed by atoms with Gasteiger partial charge < -0.3 is 24.3 Å². The number of aromatic hydroxyl groups is 1. The van der Waals surface area contributed by atoms with Crippen LogP contribution < -0.4 is 14.2 Å². The molecule has 5 rings (SSSR count). The normalized spacial score (nSPS) is 11.4. The van der Waals surface area contributed by atoms with Gasteiger partial charge in [0, 0.05) is 5.39 Å². The molecule has 2 aromatic heterocycles. The minimum atomic E-state index is -0.636. The first-order valence-electron chi connectivity index (χ1n) is 10.6. The van der Waals surface area contributed by atoms with Gasteiger partial charge in [0.1, 0.15) is 10.8 Å². The number of amides is 1. The van der Waals surface area contributed by atoms with E-state index >= 15 is 0 Å². The number of hydrogen-bond donors (Lipinski definition) is 2. The van der Waals surface area contributed by atoms with Crippen molar-refractivity contribution in [3.05, 3.63) is 60.7 Å². The molecule has 9 nitrogen and oxygen atoms in total. The zero-order valence-corrected chi connectivity index (χ0v) is 19.6. The van der Waals surface area contributed by atoms with E-state index in [2.05, 4.69) is 20.2 Å². The Morgan fingerprint density at radius 1 is 1.09 bits per heavy atom. The monoisotopic (exact) mass is 488 g/mol. The maximum atomic E-state index is 12.5. The molecule has 35 heavy (non-hydrogen) atoms. The topological polar surface area (TPSA) is 118 Å². The van der Waals surface area contributed by atoms with Gasteiger partial charge in [-0.15, -0.1) is 21.6 Å². The number of azo groups is 1. The molecule has 5 aromatic rings. The summed E-state index contributed by atoms with van der Waals surface area (Å²) in [4.78, 5) is 20.0. The van der Waals surface area contributed by atoms with Crippen molar-refractivity contribution in [3.8, 4) is 33.7 Å². The zero-order valence-electron chi connectivity index (χ0n) is 18.8. The average molecular weight is 489 g/mol. The van der Waals surface area contributed by atoms with Crippen molar-refractivity contribution in [2.75, 3.05) is 20.8 Å². The second-order valence-electron chi connectivity index (χ2n) is 7.44. The molecule has 0 bridgehead atoms. The van der Waals surface area contributed by atoms with Crippen molar-refractivity contribution in [1.29, 1.82) is 0 Å². The van der Waals surface area contributed by atoms with E-state index < -0.39 is 5.91 Å². The van der Waals surface area contributed by atoms with E-state index in [9.17, 15) is 9.90 Å². The van der Waals surface area contributed by atoms with Crippen LogP contribution >= 0.6 is 11.3 Å². The Hall–Kier alpha value is -4.44. The number of fused-ring (bicyclic) bond motifs is 2. The number of benzene rings is 3. The number of para-hydroxylation sites is 2. The maximum absolute atomic E-state index is 12.5. The van der Waals surface area contributed by atoms with Gasteiger partial charge in [-0.05, 0) is 42.5 Å². The number of nitrogens with one attached hydrogen (secondary N) is 1. The van der Waals surface area contributed by atoms with Gasteiger partial charge in [-0.3, -0.25) is 4.79 Å². The summed E-state index contributed by atoms with van der Waals surface area (Å²) in [5, 5.41) is 19.2. The van der Waals surface area contributed by atoms with Gasteiger partial charge in [-0.25, -0.2) is 4.98 Å². The summed E-state index contributed by atoms with van der Waals surface area (Å²) in [5.74, 6) is 0.600. The fraction of sp³-hybridized carbons (Fsp3) is 0.120. The van der Waals surface area contributed by atoms with Gasteiger partial charge in [0.15, 0.2) is 23.8 Å². The van der Waals surface area contributed by atoms with Gasteiger partial charge in [0.25, 0.3) is 0 Å². The minimum Gasteiger partial charge on any atom is -0.497 e. The Morgan fingerprint density at radius 2 is 1.94 bits per heavy atom. The summed E-state index contributed by atoms with van der Waals surface area (Å²) in [7, 11) is 3.07. The number of hydrogen-bond acceptors (Lipinski definition) is 8. The van der Waals surface area contributed by atoms with E-state index in [1.54, 1.807) is 24.3 Å². The number of thiazole rings is 1. The second-order valence-corrected chi connectivity index (χ2v) is 8.47. The number of ether oxygens (including phenoxy) is 3. The predicted octanol–water partition coefficient (Wildman–Crippen LogP) is 5.86. The number of methoxy groups -OCH3 is 2. The third-order valence-electron chi connectivity index (χ3n) is 5.28. The average Bonchev–Trinajstić information content (AvgIpc) is 3.45. The highest BCUT2D eigenvalue weighted by atomic mass is 32.1.